The number of esters is 1. The Kier molecular flexibility index (Phi) is 8.00. The lowest BCUT2D eigenvalue weighted by molar-refractivity contribution is -0.155. The van der Waals surface area contributed by atoms with Gasteiger partial charge in [0.1, 0.15) is 5.82 Å². The first-order valence-electron chi connectivity index (χ1n) is 13.0. The second-order valence-electron chi connectivity index (χ2n) is 9.25. The molecule has 1 N–H and O–H groups in total. The number of para-hydroxylation sites is 1. The minimum Gasteiger partial charge on any atom is -0.493 e. The van der Waals surface area contributed by atoms with Crippen LogP contribution in [-0.2, 0) is 20.9 Å². The molecule has 0 radical (unpaired) electrons. The number of carbonyl (C=O) groups excluding carboxylic acids is 1. The Morgan fingerprint density at radius 3 is 2.41 bits per heavy atom. The van der Waals surface area contributed by atoms with Gasteiger partial charge in [-0.3, -0.25) is 9.36 Å². The molecule has 0 fully saturated rings. The fraction of sp³-hybridized carbons (Fsp3) is 0.219. The highest BCUT2D eigenvalue weighted by Crippen LogP contribution is 2.43. The lowest BCUT2D eigenvalue weighted by atomic mass is 9.87. The zero-order valence-electron chi connectivity index (χ0n) is 23.2. The molecular formula is C32H30N2O7. The molecule has 1 unspecified atom stereocenters. The molecule has 5 rings (SSSR count). The van der Waals surface area contributed by atoms with E-state index in [0.717, 1.165) is 10.8 Å². The highest BCUT2D eigenvalue weighted by Gasteiger charge is 2.30. The summed E-state index contributed by atoms with van der Waals surface area (Å²) in [5.41, 5.74) is 2.62. The number of hydrogen-bond donors (Lipinski definition) is 1. The van der Waals surface area contributed by atoms with Crippen LogP contribution in [0.2, 0.25) is 0 Å². The van der Waals surface area contributed by atoms with Gasteiger partial charge in [0.25, 0.3) is 5.56 Å². The maximum Gasteiger partial charge on any atom is 0.339 e. The molecule has 0 spiro atoms. The molecule has 5 aromatic rings. The molecule has 9 heteroatoms. The van der Waals surface area contributed by atoms with Gasteiger partial charge in [0.2, 0.25) is 0 Å². The molecule has 3 aromatic carbocycles. The van der Waals surface area contributed by atoms with E-state index < -0.39 is 12.1 Å². The van der Waals surface area contributed by atoms with Crippen LogP contribution in [0.3, 0.4) is 0 Å². The van der Waals surface area contributed by atoms with Crippen molar-refractivity contribution in [2.75, 3.05) is 27.9 Å². The number of fused-ring (bicyclic) bond motifs is 2. The van der Waals surface area contributed by atoms with Gasteiger partial charge < -0.3 is 24.1 Å². The standard InChI is InChI=1S/C32H30N2O7/c1-5-41-32(37)31(40-4)30-22(18-35)14-21-15-25(38-2)26(39-3)17-23(21)29(30)20-12-13-33-27(16-20)34-24-9-7-6-8-19(24)10-11-28(34)36/h6-17,31,35H,5,18H2,1-4H3. The average molecular weight is 555 g/mol. The number of aliphatic hydroxyl groups excluding tert-OH is 1. The summed E-state index contributed by atoms with van der Waals surface area (Å²) in [7, 11) is 4.50. The number of carbonyl (C=O) groups is 1. The van der Waals surface area contributed by atoms with Crippen molar-refractivity contribution in [1.29, 1.82) is 0 Å². The zero-order chi connectivity index (χ0) is 29.1. The van der Waals surface area contributed by atoms with Gasteiger partial charge in [-0.2, -0.15) is 0 Å². The summed E-state index contributed by atoms with van der Waals surface area (Å²) >= 11 is 0. The lowest BCUT2D eigenvalue weighted by Crippen LogP contribution is -2.21. The van der Waals surface area contributed by atoms with Crippen molar-refractivity contribution in [3.63, 3.8) is 0 Å². The Hall–Kier alpha value is -4.73. The maximum atomic E-state index is 13.1. The highest BCUT2D eigenvalue weighted by atomic mass is 16.6. The Balaban J connectivity index is 1.88. The molecular weight excluding hydrogens is 524 g/mol. The van der Waals surface area contributed by atoms with Gasteiger partial charge in [-0.05, 0) is 82.2 Å². The summed E-state index contributed by atoms with van der Waals surface area (Å²) in [6.45, 7) is 1.50. The first-order chi connectivity index (χ1) is 19.9. The zero-order valence-corrected chi connectivity index (χ0v) is 23.2. The van der Waals surface area contributed by atoms with E-state index in [9.17, 15) is 14.7 Å². The number of methoxy groups -OCH3 is 3. The molecule has 2 heterocycles. The number of rotatable bonds is 9. The quantitative estimate of drug-likeness (QED) is 0.255. The monoisotopic (exact) mass is 554 g/mol. The van der Waals surface area contributed by atoms with Crippen molar-refractivity contribution in [3.8, 4) is 28.4 Å². The number of nitrogens with zero attached hydrogens (tertiary/aromatic N) is 2. The molecule has 0 amide bonds. The van der Waals surface area contributed by atoms with Crippen LogP contribution in [-0.4, -0.2) is 48.6 Å². The van der Waals surface area contributed by atoms with Crippen LogP contribution < -0.4 is 15.0 Å². The number of benzene rings is 3. The van der Waals surface area contributed by atoms with Crippen molar-refractivity contribution in [2.45, 2.75) is 19.6 Å². The highest BCUT2D eigenvalue weighted by molar-refractivity contribution is 6.02. The first-order valence-corrected chi connectivity index (χ1v) is 13.0. The summed E-state index contributed by atoms with van der Waals surface area (Å²) in [5, 5.41) is 12.8. The van der Waals surface area contributed by atoms with Crippen LogP contribution in [0, 0.1) is 0 Å². The van der Waals surface area contributed by atoms with E-state index in [1.165, 1.54) is 13.2 Å². The van der Waals surface area contributed by atoms with Crippen molar-refractivity contribution in [1.82, 2.24) is 9.55 Å². The Morgan fingerprint density at radius 2 is 1.71 bits per heavy atom. The van der Waals surface area contributed by atoms with Crippen molar-refractivity contribution in [2.24, 2.45) is 0 Å². The second kappa shape index (κ2) is 11.8. The summed E-state index contributed by atoms with van der Waals surface area (Å²) in [6.07, 6.45) is 0.467. The Bertz CT molecular complexity index is 1810. The van der Waals surface area contributed by atoms with E-state index in [4.69, 9.17) is 18.9 Å². The normalized spacial score (nSPS) is 11.9. The number of ether oxygens (including phenoxy) is 4. The molecule has 0 saturated heterocycles. The van der Waals surface area contributed by atoms with E-state index in [0.29, 0.717) is 50.5 Å². The van der Waals surface area contributed by atoms with Gasteiger partial charge in [0, 0.05) is 24.9 Å². The van der Waals surface area contributed by atoms with Crippen LogP contribution in [0.4, 0.5) is 0 Å². The Labute approximate surface area is 236 Å². The van der Waals surface area contributed by atoms with E-state index in [1.54, 1.807) is 56.2 Å². The molecule has 0 aliphatic rings. The fourth-order valence-corrected chi connectivity index (χ4v) is 5.21. The minimum absolute atomic E-state index is 0.157. The molecule has 210 valence electrons. The third-order valence-corrected chi connectivity index (χ3v) is 7.01. The smallest absolute Gasteiger partial charge is 0.339 e. The summed E-state index contributed by atoms with van der Waals surface area (Å²) in [6, 6.07) is 19.8. The number of aliphatic hydroxyl groups is 1. The van der Waals surface area contributed by atoms with E-state index in [-0.39, 0.29) is 18.8 Å². The number of pyridine rings is 2. The SMILES string of the molecule is CCOC(=O)C(OC)c1c(CO)cc2cc(OC)c(OC)cc2c1-c1ccnc(-n2c(=O)ccc3ccccc32)c1. The fourth-order valence-electron chi connectivity index (χ4n) is 5.21. The van der Waals surface area contributed by atoms with Crippen LogP contribution >= 0.6 is 0 Å². The van der Waals surface area contributed by atoms with Crippen molar-refractivity contribution < 1.29 is 28.8 Å². The molecule has 0 aliphatic carbocycles. The molecule has 2 aromatic heterocycles. The first kappa shape index (κ1) is 27.8. The molecule has 0 bridgehead atoms. The number of aromatic nitrogens is 2. The summed E-state index contributed by atoms with van der Waals surface area (Å²) < 4.78 is 23.7. The van der Waals surface area contributed by atoms with Gasteiger partial charge in [-0.25, -0.2) is 9.78 Å². The third-order valence-electron chi connectivity index (χ3n) is 7.01. The molecule has 9 nitrogen and oxygen atoms in total. The van der Waals surface area contributed by atoms with Crippen molar-refractivity contribution >= 4 is 27.6 Å². The topological polar surface area (TPSA) is 109 Å². The summed E-state index contributed by atoms with van der Waals surface area (Å²) in [5.74, 6) is 0.788. The lowest BCUT2D eigenvalue weighted by Gasteiger charge is -2.24. The van der Waals surface area contributed by atoms with Crippen LogP contribution in [0.1, 0.15) is 24.2 Å². The largest absolute Gasteiger partial charge is 0.493 e. The average Bonchev–Trinajstić information content (AvgIpc) is 3.00. The molecule has 0 saturated carbocycles. The summed E-state index contributed by atoms with van der Waals surface area (Å²) in [4.78, 5) is 30.8. The number of hydrogen-bond acceptors (Lipinski definition) is 8. The molecule has 1 atom stereocenters. The minimum atomic E-state index is -1.14. The van der Waals surface area contributed by atoms with Gasteiger partial charge in [0.15, 0.2) is 17.6 Å². The van der Waals surface area contributed by atoms with Gasteiger partial charge in [-0.15, -0.1) is 0 Å². The van der Waals surface area contributed by atoms with Crippen LogP contribution in [0.5, 0.6) is 11.5 Å². The van der Waals surface area contributed by atoms with E-state index in [2.05, 4.69) is 4.98 Å². The third kappa shape index (κ3) is 5.01. The molecule has 41 heavy (non-hydrogen) atoms. The van der Waals surface area contributed by atoms with E-state index >= 15 is 0 Å². The Morgan fingerprint density at radius 1 is 0.951 bits per heavy atom. The van der Waals surface area contributed by atoms with Gasteiger partial charge in [0.05, 0.1) is 33.0 Å². The maximum absolute atomic E-state index is 13.1. The molecule has 0 aliphatic heterocycles. The van der Waals surface area contributed by atoms with Gasteiger partial charge >= 0.3 is 5.97 Å². The van der Waals surface area contributed by atoms with Crippen molar-refractivity contribution in [3.05, 3.63) is 94.4 Å². The van der Waals surface area contributed by atoms with Crippen LogP contribution in [0.25, 0.3) is 38.6 Å². The van der Waals surface area contributed by atoms with Gasteiger partial charge in [-0.1, -0.05) is 18.2 Å². The predicted octanol–water partition coefficient (Wildman–Crippen LogP) is 4.97. The second-order valence-corrected chi connectivity index (χ2v) is 9.25. The predicted molar refractivity (Wildman–Crippen MR) is 156 cm³/mol. The van der Waals surface area contributed by atoms with E-state index in [1.807, 2.05) is 36.4 Å². The van der Waals surface area contributed by atoms with Crippen LogP contribution in [0.15, 0.2) is 77.7 Å².